The quantitative estimate of drug-likeness (QED) is 0.177. The first-order valence-electron chi connectivity index (χ1n) is 15.8. The average molecular weight is 591 g/mol. The van der Waals surface area contributed by atoms with Gasteiger partial charge in [-0.15, -0.1) is 0 Å². The van der Waals surface area contributed by atoms with Crippen molar-refractivity contribution < 1.29 is 0 Å². The fourth-order valence-corrected chi connectivity index (χ4v) is 11.3. The largest absolute Gasteiger partial charge is 0.309 e. The molecule has 0 atom stereocenters. The molecular weight excluding hydrogens is 561 g/mol. The number of benzene rings is 7. The van der Waals surface area contributed by atoms with Crippen molar-refractivity contribution in [3.05, 3.63) is 146 Å². The van der Waals surface area contributed by atoms with Crippen LogP contribution < -0.4 is 10.4 Å². The van der Waals surface area contributed by atoms with E-state index in [2.05, 4.69) is 168 Å². The SMILES string of the molecule is C[Si]1(C)c2ccccc2-c2ccc(-n3c4ccccc4c4c5c6ccccc6n(-c6ccc7ccccc7c6)c5ccc43)cc21. The fourth-order valence-electron chi connectivity index (χ4n) is 8.22. The number of fused-ring (bicyclic) bond motifs is 11. The fraction of sp³-hybridized carbons (Fsp3) is 0.0476. The van der Waals surface area contributed by atoms with E-state index in [1.807, 2.05) is 0 Å². The zero-order valence-corrected chi connectivity index (χ0v) is 26.3. The van der Waals surface area contributed by atoms with Crippen LogP contribution in [-0.4, -0.2) is 17.2 Å². The van der Waals surface area contributed by atoms with Crippen LogP contribution in [0.3, 0.4) is 0 Å². The van der Waals surface area contributed by atoms with E-state index in [0.29, 0.717) is 0 Å². The van der Waals surface area contributed by atoms with Crippen molar-refractivity contribution in [1.29, 1.82) is 0 Å². The number of rotatable bonds is 2. The van der Waals surface area contributed by atoms with E-state index in [-0.39, 0.29) is 0 Å². The van der Waals surface area contributed by atoms with Gasteiger partial charge in [0.1, 0.15) is 8.07 Å². The van der Waals surface area contributed by atoms with Crippen molar-refractivity contribution >= 4 is 72.8 Å². The second-order valence-corrected chi connectivity index (χ2v) is 17.3. The summed E-state index contributed by atoms with van der Waals surface area (Å²) in [6.07, 6.45) is 0. The summed E-state index contributed by atoms with van der Waals surface area (Å²) in [4.78, 5) is 0. The number of hydrogen-bond acceptors (Lipinski definition) is 0. The number of hydrogen-bond donors (Lipinski definition) is 0. The third kappa shape index (κ3) is 3.28. The molecule has 0 bridgehead atoms. The standard InChI is InChI=1S/C42H30N2Si/c1-45(2)39-18-10-7-13-31(39)32-22-21-30(26-40(32)45)44-36-17-9-6-15-34(36)42-38(44)24-23-37-41(42)33-14-5-8-16-35(33)43(37)29-20-19-27-11-3-4-12-28(27)25-29/h3-26H,1-2H3. The molecule has 0 amide bonds. The van der Waals surface area contributed by atoms with Gasteiger partial charge in [0.05, 0.1) is 22.1 Å². The number of aromatic nitrogens is 2. The van der Waals surface area contributed by atoms with Crippen LogP contribution in [0.5, 0.6) is 0 Å². The van der Waals surface area contributed by atoms with E-state index in [4.69, 9.17) is 0 Å². The molecule has 1 aliphatic heterocycles. The Kier molecular flexibility index (Phi) is 4.91. The first-order chi connectivity index (χ1) is 22.1. The molecule has 1 aliphatic rings. The molecule has 0 fully saturated rings. The van der Waals surface area contributed by atoms with Crippen LogP contribution in [0.15, 0.2) is 146 Å². The van der Waals surface area contributed by atoms with E-state index in [0.717, 1.165) is 0 Å². The van der Waals surface area contributed by atoms with Gasteiger partial charge in [0.2, 0.25) is 0 Å². The van der Waals surface area contributed by atoms with Crippen LogP contribution in [-0.2, 0) is 0 Å². The van der Waals surface area contributed by atoms with Gasteiger partial charge in [-0.25, -0.2) is 0 Å². The van der Waals surface area contributed by atoms with Crippen LogP contribution in [0, 0.1) is 0 Å². The molecule has 0 saturated heterocycles. The molecular formula is C42H30N2Si. The molecule has 0 unspecified atom stereocenters. The highest BCUT2D eigenvalue weighted by Crippen LogP contribution is 2.42. The van der Waals surface area contributed by atoms with Crippen molar-refractivity contribution in [2.75, 3.05) is 0 Å². The Bertz CT molecular complexity index is 2690. The molecule has 0 aliphatic carbocycles. The lowest BCUT2D eigenvalue weighted by atomic mass is 10.1. The molecule has 0 N–H and O–H groups in total. The Morgan fingerprint density at radius 3 is 1.64 bits per heavy atom. The molecule has 0 spiro atoms. The zero-order chi connectivity index (χ0) is 29.9. The first kappa shape index (κ1) is 25.0. The number of para-hydroxylation sites is 2. The number of nitrogens with zero attached hydrogens (tertiary/aromatic N) is 2. The predicted octanol–water partition coefficient (Wildman–Crippen LogP) is 9.84. The maximum Gasteiger partial charge on any atom is 0.113 e. The Labute approximate surface area is 262 Å². The predicted molar refractivity (Wildman–Crippen MR) is 195 cm³/mol. The average Bonchev–Trinajstić information content (AvgIpc) is 3.68. The van der Waals surface area contributed by atoms with Gasteiger partial charge in [0.25, 0.3) is 0 Å². The third-order valence-electron chi connectivity index (χ3n) is 10.3. The summed E-state index contributed by atoms with van der Waals surface area (Å²) < 4.78 is 4.95. The monoisotopic (exact) mass is 590 g/mol. The van der Waals surface area contributed by atoms with Crippen LogP contribution in [0.1, 0.15) is 0 Å². The lowest BCUT2D eigenvalue weighted by Crippen LogP contribution is -2.49. The summed E-state index contributed by atoms with van der Waals surface area (Å²) in [6, 6.07) is 54.2. The molecule has 212 valence electrons. The van der Waals surface area contributed by atoms with E-state index < -0.39 is 8.07 Å². The minimum atomic E-state index is -1.81. The molecule has 3 heteroatoms. The molecule has 10 rings (SSSR count). The third-order valence-corrected chi connectivity index (χ3v) is 13.8. The minimum absolute atomic E-state index is 1.19. The van der Waals surface area contributed by atoms with Crippen molar-refractivity contribution in [3.63, 3.8) is 0 Å². The smallest absolute Gasteiger partial charge is 0.113 e. The lowest BCUT2D eigenvalue weighted by molar-refractivity contribution is 1.18. The summed E-state index contributed by atoms with van der Waals surface area (Å²) in [5.74, 6) is 0. The molecule has 9 aromatic rings. The van der Waals surface area contributed by atoms with Gasteiger partial charge in [-0.2, -0.15) is 0 Å². The molecule has 0 radical (unpaired) electrons. The van der Waals surface area contributed by atoms with Crippen molar-refractivity contribution in [2.45, 2.75) is 13.1 Å². The van der Waals surface area contributed by atoms with Crippen molar-refractivity contribution in [3.8, 4) is 22.5 Å². The lowest BCUT2D eigenvalue weighted by Gasteiger charge is -2.20. The van der Waals surface area contributed by atoms with E-state index >= 15 is 0 Å². The summed E-state index contributed by atoms with van der Waals surface area (Å²) in [7, 11) is -1.81. The first-order valence-corrected chi connectivity index (χ1v) is 18.8. The van der Waals surface area contributed by atoms with Crippen molar-refractivity contribution in [2.24, 2.45) is 0 Å². The Morgan fingerprint density at radius 2 is 0.933 bits per heavy atom. The highest BCUT2D eigenvalue weighted by molar-refractivity contribution is 7.03. The maximum absolute atomic E-state index is 2.50. The van der Waals surface area contributed by atoms with Crippen LogP contribution in [0.25, 0.3) is 76.9 Å². The second kappa shape index (κ2) is 8.84. The van der Waals surface area contributed by atoms with E-state index in [9.17, 15) is 0 Å². The zero-order valence-electron chi connectivity index (χ0n) is 25.3. The van der Waals surface area contributed by atoms with Gasteiger partial charge in [0, 0.05) is 32.9 Å². The Hall–Kier alpha value is -5.38. The topological polar surface area (TPSA) is 9.86 Å². The summed E-state index contributed by atoms with van der Waals surface area (Å²) in [6.45, 7) is 5.00. The van der Waals surface area contributed by atoms with Gasteiger partial charge in [-0.1, -0.05) is 110 Å². The van der Waals surface area contributed by atoms with Crippen LogP contribution in [0.2, 0.25) is 13.1 Å². The second-order valence-electron chi connectivity index (χ2n) is 13.0. The minimum Gasteiger partial charge on any atom is -0.309 e. The van der Waals surface area contributed by atoms with E-state index in [1.54, 1.807) is 5.19 Å². The van der Waals surface area contributed by atoms with Gasteiger partial charge >= 0.3 is 0 Å². The Morgan fingerprint density at radius 1 is 0.400 bits per heavy atom. The molecule has 3 heterocycles. The molecule has 45 heavy (non-hydrogen) atoms. The molecule has 0 saturated carbocycles. The van der Waals surface area contributed by atoms with Crippen molar-refractivity contribution in [1.82, 2.24) is 9.13 Å². The molecule has 2 aromatic heterocycles. The maximum atomic E-state index is 2.50. The Balaban J connectivity index is 1.29. The van der Waals surface area contributed by atoms with Gasteiger partial charge in [-0.05, 0) is 80.8 Å². The van der Waals surface area contributed by atoms with Gasteiger partial charge in [0.15, 0.2) is 0 Å². The molecule has 2 nitrogen and oxygen atoms in total. The van der Waals surface area contributed by atoms with Crippen LogP contribution >= 0.6 is 0 Å². The highest BCUT2D eigenvalue weighted by atomic mass is 28.3. The highest BCUT2D eigenvalue weighted by Gasteiger charge is 2.37. The normalized spacial score (nSPS) is 13.7. The van der Waals surface area contributed by atoms with E-state index in [1.165, 1.54) is 82.1 Å². The molecule has 7 aromatic carbocycles. The van der Waals surface area contributed by atoms with Crippen LogP contribution in [0.4, 0.5) is 0 Å². The van der Waals surface area contributed by atoms with Gasteiger partial charge in [-0.3, -0.25) is 0 Å². The summed E-state index contributed by atoms with van der Waals surface area (Å²) >= 11 is 0. The summed E-state index contributed by atoms with van der Waals surface area (Å²) in [5.41, 5.74) is 10.2. The summed E-state index contributed by atoms with van der Waals surface area (Å²) in [5, 5.41) is 10.8. The van der Waals surface area contributed by atoms with Gasteiger partial charge < -0.3 is 9.13 Å².